The third-order valence-corrected chi connectivity index (χ3v) is 2.65. The molecule has 19 heavy (non-hydrogen) atoms. The van der Waals surface area contributed by atoms with Crippen molar-refractivity contribution in [3.8, 4) is 0 Å². The van der Waals surface area contributed by atoms with Gasteiger partial charge in [-0.25, -0.2) is 0 Å². The summed E-state index contributed by atoms with van der Waals surface area (Å²) in [6.45, 7) is 0.477. The molecule has 0 radical (unpaired) electrons. The van der Waals surface area contributed by atoms with Crippen LogP contribution in [0, 0.1) is 0 Å². The van der Waals surface area contributed by atoms with Gasteiger partial charge < -0.3 is 10.6 Å². The Labute approximate surface area is 111 Å². The highest BCUT2D eigenvalue weighted by Crippen LogP contribution is 2.10. The van der Waals surface area contributed by atoms with E-state index in [1.165, 1.54) is 0 Å². The van der Waals surface area contributed by atoms with E-state index in [0.29, 0.717) is 24.2 Å². The number of nitrogens with one attached hydrogen (secondary N) is 2. The largest absolute Gasteiger partial charge is 0.348 e. The molecule has 0 saturated heterocycles. The molecular formula is C15H14N2O2. The van der Waals surface area contributed by atoms with Crippen molar-refractivity contribution in [1.29, 1.82) is 0 Å². The van der Waals surface area contributed by atoms with Gasteiger partial charge in [-0.1, -0.05) is 36.4 Å². The van der Waals surface area contributed by atoms with Gasteiger partial charge in [0.15, 0.2) is 0 Å². The first kappa shape index (κ1) is 12.8. The molecule has 2 N–H and O–H groups in total. The van der Waals surface area contributed by atoms with Crippen molar-refractivity contribution >= 4 is 18.0 Å². The summed E-state index contributed by atoms with van der Waals surface area (Å²) in [5.41, 5.74) is 2.16. The summed E-state index contributed by atoms with van der Waals surface area (Å²) >= 11 is 0. The molecule has 0 aliphatic carbocycles. The fourth-order valence-corrected chi connectivity index (χ4v) is 1.70. The van der Waals surface area contributed by atoms with Gasteiger partial charge in [-0.05, 0) is 23.8 Å². The second kappa shape index (κ2) is 6.35. The molecule has 4 heteroatoms. The molecule has 0 bridgehead atoms. The fraction of sp³-hybridized carbons (Fsp3) is 0.0667. The van der Waals surface area contributed by atoms with Crippen LogP contribution in [0.3, 0.4) is 0 Å². The molecule has 0 unspecified atom stereocenters. The Morgan fingerprint density at radius 1 is 1.05 bits per heavy atom. The number of anilines is 1. The van der Waals surface area contributed by atoms with Crippen LogP contribution in [0.25, 0.3) is 0 Å². The SMILES string of the molecule is O=CNc1cccc(C(=O)NCc2ccccc2)c1. The molecule has 0 spiro atoms. The lowest BCUT2D eigenvalue weighted by atomic mass is 10.1. The van der Waals surface area contributed by atoms with Crippen LogP contribution >= 0.6 is 0 Å². The summed E-state index contributed by atoms with van der Waals surface area (Å²) in [7, 11) is 0. The third kappa shape index (κ3) is 3.67. The van der Waals surface area contributed by atoms with Gasteiger partial charge in [0, 0.05) is 17.8 Å². The molecule has 0 aliphatic rings. The third-order valence-electron chi connectivity index (χ3n) is 2.65. The van der Waals surface area contributed by atoms with E-state index in [1.54, 1.807) is 24.3 Å². The van der Waals surface area contributed by atoms with Gasteiger partial charge in [-0.3, -0.25) is 9.59 Å². The predicted octanol–water partition coefficient (Wildman–Crippen LogP) is 2.18. The average Bonchev–Trinajstić information content (AvgIpc) is 2.46. The Balaban J connectivity index is 2.00. The van der Waals surface area contributed by atoms with Crippen LogP contribution in [0.4, 0.5) is 5.69 Å². The van der Waals surface area contributed by atoms with E-state index in [2.05, 4.69) is 10.6 Å². The number of carbonyl (C=O) groups is 2. The predicted molar refractivity (Wildman–Crippen MR) is 73.7 cm³/mol. The molecule has 2 aromatic rings. The van der Waals surface area contributed by atoms with Crippen molar-refractivity contribution < 1.29 is 9.59 Å². The van der Waals surface area contributed by atoms with Gasteiger partial charge in [-0.2, -0.15) is 0 Å². The van der Waals surface area contributed by atoms with Gasteiger partial charge in [0.2, 0.25) is 6.41 Å². The van der Waals surface area contributed by atoms with Crippen LogP contribution in [0.15, 0.2) is 54.6 Å². The second-order valence-electron chi connectivity index (χ2n) is 4.01. The van der Waals surface area contributed by atoms with Crippen LogP contribution < -0.4 is 10.6 Å². The van der Waals surface area contributed by atoms with E-state index in [-0.39, 0.29) is 5.91 Å². The number of amides is 2. The zero-order chi connectivity index (χ0) is 13.5. The zero-order valence-corrected chi connectivity index (χ0v) is 10.3. The monoisotopic (exact) mass is 254 g/mol. The number of hydrogen-bond acceptors (Lipinski definition) is 2. The standard InChI is InChI=1S/C15H14N2O2/c18-11-17-14-8-4-7-13(9-14)15(19)16-10-12-5-2-1-3-6-12/h1-9,11H,10H2,(H,16,19)(H,17,18). The molecular weight excluding hydrogens is 240 g/mol. The molecule has 0 aromatic heterocycles. The molecule has 0 fully saturated rings. The van der Waals surface area contributed by atoms with Crippen LogP contribution in [0.1, 0.15) is 15.9 Å². The van der Waals surface area contributed by atoms with Crippen molar-refractivity contribution in [3.05, 3.63) is 65.7 Å². The highest BCUT2D eigenvalue weighted by molar-refractivity contribution is 5.95. The van der Waals surface area contributed by atoms with E-state index in [0.717, 1.165) is 5.56 Å². The smallest absolute Gasteiger partial charge is 0.251 e. The first-order valence-electron chi connectivity index (χ1n) is 5.92. The Bertz CT molecular complexity index is 567. The first-order chi connectivity index (χ1) is 9.29. The van der Waals surface area contributed by atoms with Crippen molar-refractivity contribution in [1.82, 2.24) is 5.32 Å². The van der Waals surface area contributed by atoms with E-state index >= 15 is 0 Å². The Hall–Kier alpha value is -2.62. The molecule has 0 heterocycles. The maximum atomic E-state index is 11.9. The van der Waals surface area contributed by atoms with Crippen LogP contribution in [0.2, 0.25) is 0 Å². The van der Waals surface area contributed by atoms with Crippen molar-refractivity contribution in [3.63, 3.8) is 0 Å². The Morgan fingerprint density at radius 2 is 1.84 bits per heavy atom. The maximum absolute atomic E-state index is 11.9. The van der Waals surface area contributed by atoms with Crippen LogP contribution in [-0.4, -0.2) is 12.3 Å². The summed E-state index contributed by atoms with van der Waals surface area (Å²) in [4.78, 5) is 22.3. The van der Waals surface area contributed by atoms with Crippen molar-refractivity contribution in [2.75, 3.05) is 5.32 Å². The summed E-state index contributed by atoms with van der Waals surface area (Å²) in [6.07, 6.45) is 0.584. The van der Waals surface area contributed by atoms with E-state index in [9.17, 15) is 9.59 Å². The minimum Gasteiger partial charge on any atom is -0.348 e. The Morgan fingerprint density at radius 3 is 2.58 bits per heavy atom. The van der Waals surface area contributed by atoms with Crippen LogP contribution in [0.5, 0.6) is 0 Å². The van der Waals surface area contributed by atoms with Gasteiger partial charge in [0.25, 0.3) is 5.91 Å². The Kier molecular flexibility index (Phi) is 4.29. The molecule has 2 rings (SSSR count). The van der Waals surface area contributed by atoms with E-state index < -0.39 is 0 Å². The van der Waals surface area contributed by atoms with Gasteiger partial charge in [0.1, 0.15) is 0 Å². The van der Waals surface area contributed by atoms with Gasteiger partial charge in [-0.15, -0.1) is 0 Å². The highest BCUT2D eigenvalue weighted by Gasteiger charge is 2.05. The lowest BCUT2D eigenvalue weighted by molar-refractivity contribution is -0.105. The molecule has 0 saturated carbocycles. The molecule has 96 valence electrons. The quantitative estimate of drug-likeness (QED) is 0.803. The molecule has 0 aliphatic heterocycles. The number of benzene rings is 2. The summed E-state index contributed by atoms with van der Waals surface area (Å²) < 4.78 is 0. The van der Waals surface area contributed by atoms with Crippen molar-refractivity contribution in [2.45, 2.75) is 6.54 Å². The fourth-order valence-electron chi connectivity index (χ4n) is 1.70. The molecule has 2 aromatic carbocycles. The minimum atomic E-state index is -0.168. The average molecular weight is 254 g/mol. The molecule has 2 amide bonds. The number of carbonyl (C=O) groups excluding carboxylic acids is 2. The molecule has 0 atom stereocenters. The summed E-state index contributed by atoms with van der Waals surface area (Å²) in [5.74, 6) is -0.168. The first-order valence-corrected chi connectivity index (χ1v) is 5.92. The van der Waals surface area contributed by atoms with Gasteiger partial charge in [0.05, 0.1) is 0 Å². The second-order valence-corrected chi connectivity index (χ2v) is 4.01. The molecule has 4 nitrogen and oxygen atoms in total. The maximum Gasteiger partial charge on any atom is 0.251 e. The lowest BCUT2D eigenvalue weighted by Gasteiger charge is -2.06. The highest BCUT2D eigenvalue weighted by atomic mass is 16.1. The summed E-state index contributed by atoms with van der Waals surface area (Å²) in [5, 5.41) is 5.35. The number of rotatable bonds is 5. The van der Waals surface area contributed by atoms with Crippen molar-refractivity contribution in [2.24, 2.45) is 0 Å². The lowest BCUT2D eigenvalue weighted by Crippen LogP contribution is -2.22. The zero-order valence-electron chi connectivity index (χ0n) is 10.3. The van der Waals surface area contributed by atoms with E-state index in [4.69, 9.17) is 0 Å². The van der Waals surface area contributed by atoms with E-state index in [1.807, 2.05) is 30.3 Å². The number of hydrogen-bond donors (Lipinski definition) is 2. The normalized spacial score (nSPS) is 9.68. The summed E-state index contributed by atoms with van der Waals surface area (Å²) in [6, 6.07) is 16.5. The van der Waals surface area contributed by atoms with Crippen LogP contribution in [-0.2, 0) is 11.3 Å². The van der Waals surface area contributed by atoms with Gasteiger partial charge >= 0.3 is 0 Å². The minimum absolute atomic E-state index is 0.168. The topological polar surface area (TPSA) is 58.2 Å².